The van der Waals surface area contributed by atoms with Crippen LogP contribution in [0.4, 0.5) is 5.82 Å². The van der Waals surface area contributed by atoms with Crippen molar-refractivity contribution in [2.24, 2.45) is 5.73 Å². The minimum absolute atomic E-state index is 0.654. The lowest BCUT2D eigenvalue weighted by molar-refractivity contribution is 0.762. The van der Waals surface area contributed by atoms with Gasteiger partial charge in [0.05, 0.1) is 0 Å². The highest BCUT2D eigenvalue weighted by Gasteiger charge is 2.30. The third kappa shape index (κ3) is 2.09. The molecule has 1 saturated carbocycles. The summed E-state index contributed by atoms with van der Waals surface area (Å²) in [6.07, 6.45) is 4.18. The maximum atomic E-state index is 5.64. The number of nitrogens with two attached hydrogens (primary N) is 1. The van der Waals surface area contributed by atoms with E-state index in [1.807, 2.05) is 6.92 Å². The van der Waals surface area contributed by atoms with Crippen LogP contribution < -0.4 is 10.6 Å². The molecule has 2 rings (SSSR count). The summed E-state index contributed by atoms with van der Waals surface area (Å²) in [5, 5.41) is 0. The van der Waals surface area contributed by atoms with Crippen LogP contribution in [0.3, 0.4) is 0 Å². The van der Waals surface area contributed by atoms with Crippen LogP contribution in [-0.4, -0.2) is 29.1 Å². The highest BCUT2D eigenvalue weighted by atomic mass is 15.2. The third-order valence-corrected chi connectivity index (χ3v) is 2.94. The van der Waals surface area contributed by atoms with Gasteiger partial charge in [0.25, 0.3) is 0 Å². The second-order valence-electron chi connectivity index (χ2n) is 4.12. The Balaban J connectivity index is 2.28. The lowest BCUT2D eigenvalue weighted by Gasteiger charge is -2.24. The zero-order chi connectivity index (χ0) is 10.8. The molecule has 4 heteroatoms. The smallest absolute Gasteiger partial charge is 0.135 e. The fourth-order valence-corrected chi connectivity index (χ4v) is 1.80. The van der Waals surface area contributed by atoms with E-state index in [9.17, 15) is 0 Å². The molecule has 1 aromatic heterocycles. The number of anilines is 1. The lowest BCUT2D eigenvalue weighted by Crippen LogP contribution is -2.32. The molecule has 0 spiro atoms. The van der Waals surface area contributed by atoms with Crippen molar-refractivity contribution in [3.05, 3.63) is 17.6 Å². The number of hydrogen-bond acceptors (Lipinski definition) is 4. The van der Waals surface area contributed by atoms with Gasteiger partial charge in [0, 0.05) is 30.4 Å². The van der Waals surface area contributed by atoms with Crippen molar-refractivity contribution >= 4 is 5.82 Å². The molecule has 0 aliphatic heterocycles. The van der Waals surface area contributed by atoms with Crippen LogP contribution in [0.2, 0.25) is 0 Å². The molecule has 0 aromatic carbocycles. The lowest BCUT2D eigenvalue weighted by atomic mass is 10.2. The second-order valence-corrected chi connectivity index (χ2v) is 4.12. The van der Waals surface area contributed by atoms with Gasteiger partial charge in [-0.15, -0.1) is 0 Å². The van der Waals surface area contributed by atoms with E-state index in [1.165, 1.54) is 18.4 Å². The molecule has 4 nitrogen and oxygen atoms in total. The molecular formula is C11H18N4. The van der Waals surface area contributed by atoms with Crippen LogP contribution in [0.25, 0.3) is 0 Å². The Morgan fingerprint density at radius 2 is 2.13 bits per heavy atom. The predicted octanol–water partition coefficient (Wildman–Crippen LogP) is 1.02. The van der Waals surface area contributed by atoms with Crippen molar-refractivity contribution < 1.29 is 0 Å². The van der Waals surface area contributed by atoms with Gasteiger partial charge in [-0.3, -0.25) is 0 Å². The van der Waals surface area contributed by atoms with Gasteiger partial charge in [0.15, 0.2) is 0 Å². The fraction of sp³-hybridized carbons (Fsp3) is 0.636. The molecule has 82 valence electrons. The summed E-state index contributed by atoms with van der Waals surface area (Å²) in [5.41, 5.74) is 7.87. The van der Waals surface area contributed by atoms with Gasteiger partial charge >= 0.3 is 0 Å². The van der Waals surface area contributed by atoms with Gasteiger partial charge in [0.1, 0.15) is 12.1 Å². The van der Waals surface area contributed by atoms with E-state index in [2.05, 4.69) is 21.8 Å². The molecule has 0 radical (unpaired) electrons. The fourth-order valence-electron chi connectivity index (χ4n) is 1.80. The van der Waals surface area contributed by atoms with Crippen LogP contribution in [-0.2, 0) is 0 Å². The molecule has 0 amide bonds. The molecule has 0 bridgehead atoms. The quantitative estimate of drug-likeness (QED) is 0.799. The van der Waals surface area contributed by atoms with E-state index in [0.29, 0.717) is 12.6 Å². The molecule has 0 unspecified atom stereocenters. The average molecular weight is 206 g/mol. The van der Waals surface area contributed by atoms with Crippen LogP contribution >= 0.6 is 0 Å². The van der Waals surface area contributed by atoms with Crippen LogP contribution in [0.5, 0.6) is 0 Å². The van der Waals surface area contributed by atoms with Crippen molar-refractivity contribution in [1.29, 1.82) is 0 Å². The summed E-state index contributed by atoms with van der Waals surface area (Å²) in [4.78, 5) is 10.9. The minimum atomic E-state index is 0.654. The topological polar surface area (TPSA) is 55.0 Å². The molecule has 1 aromatic rings. The first-order valence-corrected chi connectivity index (χ1v) is 5.49. The van der Waals surface area contributed by atoms with Gasteiger partial charge in [-0.05, 0) is 26.7 Å². The summed E-state index contributed by atoms with van der Waals surface area (Å²) in [6.45, 7) is 5.67. The second kappa shape index (κ2) is 4.14. The number of nitrogens with zero attached hydrogens (tertiary/aromatic N) is 3. The number of aryl methyl sites for hydroxylation is 1. The zero-order valence-electron chi connectivity index (χ0n) is 9.40. The average Bonchev–Trinajstić information content (AvgIpc) is 3.03. The first-order valence-electron chi connectivity index (χ1n) is 5.49. The molecular weight excluding hydrogens is 188 g/mol. The molecule has 1 heterocycles. The van der Waals surface area contributed by atoms with E-state index >= 15 is 0 Å². The molecule has 2 N–H and O–H groups in total. The summed E-state index contributed by atoms with van der Waals surface area (Å²) in [7, 11) is 0. The summed E-state index contributed by atoms with van der Waals surface area (Å²) in [5.74, 6) is 1.07. The molecule has 15 heavy (non-hydrogen) atoms. The Kier molecular flexibility index (Phi) is 2.86. The summed E-state index contributed by atoms with van der Waals surface area (Å²) in [6, 6.07) is 0.654. The van der Waals surface area contributed by atoms with Crippen molar-refractivity contribution in [2.75, 3.05) is 18.0 Å². The van der Waals surface area contributed by atoms with Crippen LogP contribution in [0, 0.1) is 13.8 Å². The maximum absolute atomic E-state index is 5.64. The Hall–Kier alpha value is -1.16. The van der Waals surface area contributed by atoms with Gasteiger partial charge in [0.2, 0.25) is 0 Å². The SMILES string of the molecule is Cc1ncnc(N(CCN)C2CC2)c1C. The zero-order valence-corrected chi connectivity index (χ0v) is 9.40. The third-order valence-electron chi connectivity index (χ3n) is 2.94. The number of hydrogen-bond donors (Lipinski definition) is 1. The van der Waals surface area contributed by atoms with Gasteiger partial charge in [-0.2, -0.15) is 0 Å². The predicted molar refractivity (Wildman–Crippen MR) is 60.9 cm³/mol. The maximum Gasteiger partial charge on any atom is 0.135 e. The van der Waals surface area contributed by atoms with Crippen molar-refractivity contribution in [2.45, 2.75) is 32.7 Å². The van der Waals surface area contributed by atoms with Gasteiger partial charge < -0.3 is 10.6 Å². The van der Waals surface area contributed by atoms with E-state index in [4.69, 9.17) is 5.73 Å². The minimum Gasteiger partial charge on any atom is -0.352 e. The molecule has 0 atom stereocenters. The first-order chi connectivity index (χ1) is 7.24. The van der Waals surface area contributed by atoms with Crippen molar-refractivity contribution in [3.8, 4) is 0 Å². The van der Waals surface area contributed by atoms with Crippen LogP contribution in [0.15, 0.2) is 6.33 Å². The Morgan fingerprint density at radius 3 is 2.73 bits per heavy atom. The summed E-state index contributed by atoms with van der Waals surface area (Å²) < 4.78 is 0. The van der Waals surface area contributed by atoms with E-state index in [0.717, 1.165) is 18.1 Å². The molecule has 1 fully saturated rings. The molecule has 0 saturated heterocycles. The van der Waals surface area contributed by atoms with Crippen molar-refractivity contribution in [1.82, 2.24) is 9.97 Å². The van der Waals surface area contributed by atoms with Gasteiger partial charge in [-0.25, -0.2) is 9.97 Å². The number of rotatable bonds is 4. The first kappa shape index (κ1) is 10.4. The number of aromatic nitrogens is 2. The Morgan fingerprint density at radius 1 is 1.40 bits per heavy atom. The summed E-state index contributed by atoms with van der Waals surface area (Å²) >= 11 is 0. The standard InChI is InChI=1S/C11H18N4/c1-8-9(2)13-7-14-11(8)15(6-5-12)10-3-4-10/h7,10H,3-6,12H2,1-2H3. The normalized spacial score (nSPS) is 15.4. The molecule has 1 aliphatic rings. The molecule has 1 aliphatic carbocycles. The Labute approximate surface area is 90.5 Å². The Bertz CT molecular complexity index is 346. The van der Waals surface area contributed by atoms with Crippen molar-refractivity contribution in [3.63, 3.8) is 0 Å². The van der Waals surface area contributed by atoms with Crippen LogP contribution in [0.1, 0.15) is 24.1 Å². The highest BCUT2D eigenvalue weighted by molar-refractivity contribution is 5.49. The highest BCUT2D eigenvalue weighted by Crippen LogP contribution is 2.31. The monoisotopic (exact) mass is 206 g/mol. The van der Waals surface area contributed by atoms with E-state index in [1.54, 1.807) is 6.33 Å². The van der Waals surface area contributed by atoms with E-state index < -0.39 is 0 Å². The van der Waals surface area contributed by atoms with E-state index in [-0.39, 0.29) is 0 Å². The van der Waals surface area contributed by atoms with Gasteiger partial charge in [-0.1, -0.05) is 0 Å². The largest absolute Gasteiger partial charge is 0.352 e.